The fourth-order valence-electron chi connectivity index (χ4n) is 2.82. The number of alkyl halides is 3. The Morgan fingerprint density at radius 1 is 0.938 bits per heavy atom. The summed E-state index contributed by atoms with van der Waals surface area (Å²) in [6.45, 7) is -0.652. The highest BCUT2D eigenvalue weighted by atomic mass is 32.2. The first kappa shape index (κ1) is 23.9. The van der Waals surface area contributed by atoms with Gasteiger partial charge < -0.3 is 5.11 Å². The molecule has 3 aromatic rings. The van der Waals surface area contributed by atoms with Gasteiger partial charge in [-0.1, -0.05) is 24.3 Å². The van der Waals surface area contributed by atoms with Crippen LogP contribution in [0, 0.1) is 0 Å². The number of pyridine rings is 1. The number of sulfone groups is 1. The second-order valence-corrected chi connectivity index (χ2v) is 10.3. The second kappa shape index (κ2) is 8.98. The molecule has 0 radical (unpaired) electrons. The van der Waals surface area contributed by atoms with Crippen LogP contribution in [0.2, 0.25) is 0 Å². The van der Waals surface area contributed by atoms with E-state index in [4.69, 9.17) is 0 Å². The number of aliphatic hydroxyl groups excluding tert-OH is 1. The Morgan fingerprint density at radius 3 is 2.22 bits per heavy atom. The minimum absolute atomic E-state index is 0.205. The van der Waals surface area contributed by atoms with E-state index in [1.165, 1.54) is 48.8 Å². The van der Waals surface area contributed by atoms with Crippen molar-refractivity contribution in [3.8, 4) is 0 Å². The summed E-state index contributed by atoms with van der Waals surface area (Å²) in [5.41, 5.74) is -1.29. The molecule has 1 heterocycles. The molecule has 1 aromatic heterocycles. The summed E-state index contributed by atoms with van der Waals surface area (Å²) < 4.78 is 93.4. The number of rotatable bonds is 7. The molecule has 0 aliphatic heterocycles. The van der Waals surface area contributed by atoms with Gasteiger partial charge in [0.1, 0.15) is 0 Å². The standard InChI is InChI=1S/C20H17F3N2O5S2/c21-20(22,23)17-9-8-16(31(27,28)15-6-2-1-3-7-15)11-19(17)32(29,30)25-13-18(26)14-5-4-10-24-12-14/h1-12,18,25-26H,13H2. The van der Waals surface area contributed by atoms with E-state index in [-0.39, 0.29) is 10.5 Å². The Morgan fingerprint density at radius 2 is 1.62 bits per heavy atom. The summed E-state index contributed by atoms with van der Waals surface area (Å²) in [5, 5.41) is 10.1. The molecule has 3 rings (SSSR count). The first-order valence-corrected chi connectivity index (χ1v) is 12.0. The Hall–Kier alpha value is -2.80. The van der Waals surface area contributed by atoms with Gasteiger partial charge in [-0.2, -0.15) is 13.2 Å². The maximum absolute atomic E-state index is 13.5. The molecule has 0 saturated heterocycles. The Balaban J connectivity index is 2.02. The molecule has 0 saturated carbocycles. The van der Waals surface area contributed by atoms with Crippen LogP contribution in [-0.4, -0.2) is 33.5 Å². The number of hydrogen-bond donors (Lipinski definition) is 2. The fourth-order valence-corrected chi connectivity index (χ4v) is 5.49. The van der Waals surface area contributed by atoms with Gasteiger partial charge in [-0.3, -0.25) is 4.98 Å². The van der Waals surface area contributed by atoms with E-state index in [9.17, 15) is 35.1 Å². The number of nitrogens with one attached hydrogen (secondary N) is 1. The van der Waals surface area contributed by atoms with Crippen LogP contribution in [0.15, 0.2) is 87.7 Å². The number of sulfonamides is 1. The van der Waals surface area contributed by atoms with Gasteiger partial charge in [0.25, 0.3) is 0 Å². The van der Waals surface area contributed by atoms with Crippen molar-refractivity contribution in [3.63, 3.8) is 0 Å². The predicted octanol–water partition coefficient (Wildman–Crippen LogP) is 2.95. The molecule has 0 bridgehead atoms. The van der Waals surface area contributed by atoms with Crippen molar-refractivity contribution in [1.29, 1.82) is 0 Å². The summed E-state index contributed by atoms with van der Waals surface area (Å²) in [6.07, 6.45) is -3.76. The summed E-state index contributed by atoms with van der Waals surface area (Å²) in [4.78, 5) is 1.68. The Labute approximate surface area is 182 Å². The van der Waals surface area contributed by atoms with Crippen molar-refractivity contribution in [1.82, 2.24) is 9.71 Å². The van der Waals surface area contributed by atoms with Crippen molar-refractivity contribution < 1.29 is 35.1 Å². The highest BCUT2D eigenvalue weighted by molar-refractivity contribution is 7.91. The zero-order chi connectivity index (χ0) is 23.6. The molecular weight excluding hydrogens is 469 g/mol. The largest absolute Gasteiger partial charge is 0.417 e. The maximum atomic E-state index is 13.5. The molecule has 2 aromatic carbocycles. The van der Waals surface area contributed by atoms with Gasteiger partial charge in [-0.25, -0.2) is 21.6 Å². The third-order valence-electron chi connectivity index (χ3n) is 4.45. The van der Waals surface area contributed by atoms with Crippen LogP contribution in [0.1, 0.15) is 17.2 Å². The van der Waals surface area contributed by atoms with Crippen LogP contribution in [0.25, 0.3) is 0 Å². The Kier molecular flexibility index (Phi) is 6.69. The molecular formula is C20H17F3N2O5S2. The number of aliphatic hydroxyl groups is 1. The molecule has 32 heavy (non-hydrogen) atoms. The lowest BCUT2D eigenvalue weighted by Crippen LogP contribution is -2.30. The van der Waals surface area contributed by atoms with Crippen LogP contribution < -0.4 is 4.72 Å². The van der Waals surface area contributed by atoms with Gasteiger partial charge in [-0.15, -0.1) is 0 Å². The molecule has 12 heteroatoms. The molecule has 0 fully saturated rings. The summed E-state index contributed by atoms with van der Waals surface area (Å²) in [7, 11) is -9.13. The Bertz CT molecular complexity index is 1300. The van der Waals surface area contributed by atoms with Gasteiger partial charge in [-0.05, 0) is 36.4 Å². The van der Waals surface area contributed by atoms with Gasteiger partial charge in [0, 0.05) is 24.5 Å². The van der Waals surface area contributed by atoms with Gasteiger partial charge in [0.15, 0.2) is 0 Å². The second-order valence-electron chi connectivity index (χ2n) is 6.63. The molecule has 1 unspecified atom stereocenters. The summed E-state index contributed by atoms with van der Waals surface area (Å²) in [5.74, 6) is 0. The van der Waals surface area contributed by atoms with Crippen molar-refractivity contribution in [2.75, 3.05) is 6.54 Å². The highest BCUT2D eigenvalue weighted by Crippen LogP contribution is 2.36. The molecule has 0 spiro atoms. The van der Waals surface area contributed by atoms with Crippen LogP contribution in [0.3, 0.4) is 0 Å². The normalized spacial score (nSPS) is 13.6. The first-order valence-electron chi connectivity index (χ1n) is 9.02. The first-order chi connectivity index (χ1) is 14.9. The van der Waals surface area contributed by atoms with E-state index in [0.717, 1.165) is 0 Å². The van der Waals surface area contributed by atoms with Crippen molar-refractivity contribution in [3.05, 3.63) is 84.2 Å². The van der Waals surface area contributed by atoms with Crippen LogP contribution in [0.5, 0.6) is 0 Å². The predicted molar refractivity (Wildman–Crippen MR) is 108 cm³/mol. The summed E-state index contributed by atoms with van der Waals surface area (Å²) >= 11 is 0. The minimum atomic E-state index is -5.07. The van der Waals surface area contributed by atoms with Crippen LogP contribution in [-0.2, 0) is 26.0 Å². The average Bonchev–Trinajstić information content (AvgIpc) is 2.77. The smallest absolute Gasteiger partial charge is 0.387 e. The number of benzene rings is 2. The van der Waals surface area contributed by atoms with Crippen molar-refractivity contribution in [2.24, 2.45) is 0 Å². The maximum Gasteiger partial charge on any atom is 0.417 e. The lowest BCUT2D eigenvalue weighted by atomic mass is 10.2. The van der Waals surface area contributed by atoms with E-state index >= 15 is 0 Å². The molecule has 1 atom stereocenters. The molecule has 0 aliphatic rings. The summed E-state index contributed by atoms with van der Waals surface area (Å²) in [6, 6.07) is 11.4. The molecule has 2 N–H and O–H groups in total. The third-order valence-corrected chi connectivity index (χ3v) is 7.68. The van der Waals surface area contributed by atoms with E-state index in [0.29, 0.717) is 18.2 Å². The van der Waals surface area contributed by atoms with E-state index < -0.39 is 54.0 Å². The zero-order valence-electron chi connectivity index (χ0n) is 16.2. The van der Waals surface area contributed by atoms with Crippen molar-refractivity contribution in [2.45, 2.75) is 27.0 Å². The molecule has 0 amide bonds. The lowest BCUT2D eigenvalue weighted by Gasteiger charge is -2.17. The van der Waals surface area contributed by atoms with E-state index in [2.05, 4.69) is 4.98 Å². The minimum Gasteiger partial charge on any atom is -0.387 e. The van der Waals surface area contributed by atoms with Gasteiger partial charge in [0.2, 0.25) is 19.9 Å². The topological polar surface area (TPSA) is 113 Å². The van der Waals surface area contributed by atoms with Gasteiger partial charge >= 0.3 is 6.18 Å². The number of nitrogens with zero attached hydrogens (tertiary/aromatic N) is 1. The van der Waals surface area contributed by atoms with Crippen molar-refractivity contribution >= 4 is 19.9 Å². The fraction of sp³-hybridized carbons (Fsp3) is 0.150. The van der Waals surface area contributed by atoms with E-state index in [1.807, 2.05) is 4.72 Å². The zero-order valence-corrected chi connectivity index (χ0v) is 17.8. The molecule has 7 nitrogen and oxygen atoms in total. The number of aromatic nitrogens is 1. The molecule has 170 valence electrons. The molecule has 0 aliphatic carbocycles. The highest BCUT2D eigenvalue weighted by Gasteiger charge is 2.38. The third kappa shape index (κ3) is 5.15. The van der Waals surface area contributed by atoms with E-state index in [1.54, 1.807) is 6.07 Å². The number of halogens is 3. The SMILES string of the molecule is O=S(=O)(NCC(O)c1cccnc1)c1cc(S(=O)(=O)c2ccccc2)ccc1C(F)(F)F. The quantitative estimate of drug-likeness (QED) is 0.531. The number of hydrogen-bond acceptors (Lipinski definition) is 6. The van der Waals surface area contributed by atoms with Crippen LogP contribution >= 0.6 is 0 Å². The van der Waals surface area contributed by atoms with Gasteiger partial charge in [0.05, 0.1) is 26.4 Å². The lowest BCUT2D eigenvalue weighted by molar-refractivity contribution is -0.139. The monoisotopic (exact) mass is 486 g/mol. The average molecular weight is 486 g/mol. The van der Waals surface area contributed by atoms with Crippen LogP contribution in [0.4, 0.5) is 13.2 Å².